The summed E-state index contributed by atoms with van der Waals surface area (Å²) in [5.41, 5.74) is 3.06. The van der Waals surface area contributed by atoms with Crippen LogP contribution in [0.15, 0.2) is 72.8 Å². The van der Waals surface area contributed by atoms with Crippen molar-refractivity contribution in [2.24, 2.45) is 0 Å². The van der Waals surface area contributed by atoms with Gasteiger partial charge in [-0.3, -0.25) is 4.79 Å². The third-order valence-electron chi connectivity index (χ3n) is 3.62. The van der Waals surface area contributed by atoms with E-state index in [0.717, 1.165) is 16.7 Å². The summed E-state index contributed by atoms with van der Waals surface area (Å²) < 4.78 is 19.3. The van der Waals surface area contributed by atoms with E-state index >= 15 is 0 Å². The van der Waals surface area contributed by atoms with E-state index in [1.165, 1.54) is 12.1 Å². The number of hydrogen-bond donors (Lipinski definition) is 0. The zero-order valence-corrected chi connectivity index (χ0v) is 12.4. The van der Waals surface area contributed by atoms with Crippen LogP contribution in [0.4, 0.5) is 4.39 Å². The normalized spacial score (nSPS) is 10.3. The molecule has 0 bridgehead atoms. The minimum atomic E-state index is -0.575. The minimum absolute atomic E-state index is 0.0512. The fraction of sp³-hybridized carbons (Fsp3) is 0.0500. The van der Waals surface area contributed by atoms with E-state index in [1.54, 1.807) is 6.07 Å². The first kappa shape index (κ1) is 15.0. The average molecular weight is 306 g/mol. The molecule has 0 aliphatic carbocycles. The molecule has 0 amide bonds. The number of hydrogen-bond acceptors (Lipinski definition) is 2. The predicted molar refractivity (Wildman–Crippen MR) is 88.0 cm³/mol. The average Bonchev–Trinajstić information content (AvgIpc) is 2.61. The number of rotatable bonds is 5. The maximum absolute atomic E-state index is 13.6. The molecule has 0 radical (unpaired) electrons. The molecular weight excluding hydrogens is 291 g/mol. The van der Waals surface area contributed by atoms with Crippen LogP contribution in [0, 0.1) is 5.82 Å². The first-order valence-electron chi connectivity index (χ1n) is 7.29. The van der Waals surface area contributed by atoms with Crippen LogP contribution in [0.25, 0.3) is 11.1 Å². The lowest BCUT2D eigenvalue weighted by Crippen LogP contribution is -2.01. The summed E-state index contributed by atoms with van der Waals surface area (Å²) in [6.45, 7) is 0.259. The van der Waals surface area contributed by atoms with E-state index in [2.05, 4.69) is 0 Å². The van der Waals surface area contributed by atoms with Crippen LogP contribution >= 0.6 is 0 Å². The summed E-state index contributed by atoms with van der Waals surface area (Å²) in [5.74, 6) is -0.322. The van der Waals surface area contributed by atoms with E-state index in [9.17, 15) is 9.18 Å². The molecule has 0 unspecified atom stereocenters. The van der Waals surface area contributed by atoms with Crippen molar-refractivity contribution in [3.63, 3.8) is 0 Å². The van der Waals surface area contributed by atoms with Crippen LogP contribution in [-0.2, 0) is 6.61 Å². The van der Waals surface area contributed by atoms with Crippen LogP contribution in [0.2, 0.25) is 0 Å². The number of carbonyl (C=O) groups excluding carboxylic acids is 1. The van der Waals surface area contributed by atoms with Gasteiger partial charge in [0.2, 0.25) is 0 Å². The largest absolute Gasteiger partial charge is 0.488 e. The lowest BCUT2D eigenvalue weighted by molar-refractivity contribution is 0.111. The maximum atomic E-state index is 13.6. The fourth-order valence-corrected chi connectivity index (χ4v) is 2.46. The highest BCUT2D eigenvalue weighted by Crippen LogP contribution is 2.26. The minimum Gasteiger partial charge on any atom is -0.488 e. The van der Waals surface area contributed by atoms with Gasteiger partial charge in [0.1, 0.15) is 18.2 Å². The number of carbonyl (C=O) groups is 1. The Morgan fingerprint density at radius 1 is 0.870 bits per heavy atom. The van der Waals surface area contributed by atoms with Gasteiger partial charge >= 0.3 is 0 Å². The van der Waals surface area contributed by atoms with Crippen molar-refractivity contribution < 1.29 is 13.9 Å². The Morgan fingerprint density at radius 2 is 1.61 bits per heavy atom. The molecule has 3 aromatic rings. The summed E-state index contributed by atoms with van der Waals surface area (Å²) in [4.78, 5) is 11.0. The van der Waals surface area contributed by atoms with Gasteiger partial charge in [-0.25, -0.2) is 4.39 Å². The molecule has 3 rings (SSSR count). The Morgan fingerprint density at radius 3 is 2.39 bits per heavy atom. The molecule has 0 N–H and O–H groups in total. The van der Waals surface area contributed by atoms with Gasteiger partial charge in [0.05, 0.1) is 5.56 Å². The number of aldehydes is 1. The predicted octanol–water partition coefficient (Wildman–Crippen LogP) is 4.88. The molecule has 0 saturated heterocycles. The molecule has 0 aliphatic heterocycles. The Balaban J connectivity index is 1.88. The van der Waals surface area contributed by atoms with Gasteiger partial charge in [0.15, 0.2) is 6.29 Å². The zero-order valence-electron chi connectivity index (χ0n) is 12.4. The van der Waals surface area contributed by atoms with Gasteiger partial charge in [-0.2, -0.15) is 0 Å². The van der Waals surface area contributed by atoms with Crippen molar-refractivity contribution in [2.45, 2.75) is 6.61 Å². The zero-order chi connectivity index (χ0) is 16.1. The number of benzene rings is 3. The third kappa shape index (κ3) is 3.29. The summed E-state index contributed by atoms with van der Waals surface area (Å²) in [6.07, 6.45) is 0.480. The molecule has 0 heterocycles. The summed E-state index contributed by atoms with van der Waals surface area (Å²) in [5, 5.41) is 0. The van der Waals surface area contributed by atoms with Crippen molar-refractivity contribution >= 4 is 6.29 Å². The van der Waals surface area contributed by atoms with Gasteiger partial charge in [-0.15, -0.1) is 0 Å². The van der Waals surface area contributed by atoms with E-state index in [0.29, 0.717) is 6.29 Å². The van der Waals surface area contributed by atoms with Crippen molar-refractivity contribution in [3.05, 3.63) is 89.7 Å². The highest BCUT2D eigenvalue weighted by Gasteiger charge is 2.10. The van der Waals surface area contributed by atoms with Crippen LogP contribution in [0.5, 0.6) is 5.75 Å². The van der Waals surface area contributed by atoms with E-state index in [-0.39, 0.29) is 17.9 Å². The molecule has 0 aliphatic rings. The van der Waals surface area contributed by atoms with Gasteiger partial charge < -0.3 is 4.74 Å². The van der Waals surface area contributed by atoms with Gasteiger partial charge in [0, 0.05) is 0 Å². The highest BCUT2D eigenvalue weighted by atomic mass is 19.1. The van der Waals surface area contributed by atoms with Crippen molar-refractivity contribution in [1.29, 1.82) is 0 Å². The van der Waals surface area contributed by atoms with Crippen molar-refractivity contribution in [1.82, 2.24) is 0 Å². The van der Waals surface area contributed by atoms with Crippen molar-refractivity contribution in [3.8, 4) is 16.9 Å². The van der Waals surface area contributed by atoms with E-state index in [4.69, 9.17) is 4.74 Å². The fourth-order valence-electron chi connectivity index (χ4n) is 2.46. The van der Waals surface area contributed by atoms with Crippen molar-refractivity contribution in [2.75, 3.05) is 0 Å². The molecule has 0 saturated carbocycles. The molecule has 23 heavy (non-hydrogen) atoms. The first-order chi connectivity index (χ1) is 11.3. The quantitative estimate of drug-likeness (QED) is 0.628. The lowest BCUT2D eigenvalue weighted by atomic mass is 10.0. The molecule has 3 aromatic carbocycles. The Bertz CT molecular complexity index is 813. The summed E-state index contributed by atoms with van der Waals surface area (Å²) >= 11 is 0. The van der Waals surface area contributed by atoms with Crippen LogP contribution in [-0.4, -0.2) is 6.29 Å². The molecule has 0 aromatic heterocycles. The van der Waals surface area contributed by atoms with Gasteiger partial charge in [-0.1, -0.05) is 60.7 Å². The Kier molecular flexibility index (Phi) is 4.48. The molecule has 2 nitrogen and oxygen atoms in total. The highest BCUT2D eigenvalue weighted by molar-refractivity contribution is 5.79. The van der Waals surface area contributed by atoms with Crippen LogP contribution in [0.3, 0.4) is 0 Å². The second-order valence-corrected chi connectivity index (χ2v) is 5.08. The molecule has 114 valence electrons. The van der Waals surface area contributed by atoms with E-state index < -0.39 is 5.82 Å². The topological polar surface area (TPSA) is 26.3 Å². The number of ether oxygens (including phenoxy) is 1. The lowest BCUT2D eigenvalue weighted by Gasteiger charge is -2.12. The Labute approximate surface area is 134 Å². The first-order valence-corrected chi connectivity index (χ1v) is 7.29. The molecule has 0 fully saturated rings. The van der Waals surface area contributed by atoms with Crippen LogP contribution in [0.1, 0.15) is 15.9 Å². The SMILES string of the molecule is O=Cc1c(F)cccc1OCc1ccccc1-c1ccccc1. The van der Waals surface area contributed by atoms with Gasteiger partial charge in [-0.05, 0) is 28.8 Å². The molecular formula is C20H15FO2. The van der Waals surface area contributed by atoms with Crippen LogP contribution < -0.4 is 4.74 Å². The van der Waals surface area contributed by atoms with E-state index in [1.807, 2.05) is 54.6 Å². The maximum Gasteiger partial charge on any atom is 0.156 e. The molecule has 0 spiro atoms. The number of halogens is 1. The standard InChI is InChI=1S/C20H15FO2/c21-19-11-6-12-20(18(19)13-22)23-14-16-9-4-5-10-17(16)15-7-2-1-3-8-15/h1-13H,14H2. The summed E-state index contributed by atoms with van der Waals surface area (Å²) in [7, 11) is 0. The molecule has 0 atom stereocenters. The summed E-state index contributed by atoms with van der Waals surface area (Å²) in [6, 6.07) is 22.2. The van der Waals surface area contributed by atoms with Gasteiger partial charge in [0.25, 0.3) is 0 Å². The molecule has 3 heteroatoms. The smallest absolute Gasteiger partial charge is 0.156 e. The second-order valence-electron chi connectivity index (χ2n) is 5.08. The monoisotopic (exact) mass is 306 g/mol. The Hall–Kier alpha value is -2.94. The third-order valence-corrected chi connectivity index (χ3v) is 3.62. The second kappa shape index (κ2) is 6.88.